The Morgan fingerprint density at radius 2 is 1.94 bits per heavy atom. The van der Waals surface area contributed by atoms with E-state index in [0.717, 1.165) is 53.7 Å². The molecule has 4 aromatic rings. The van der Waals surface area contributed by atoms with Gasteiger partial charge in [-0.25, -0.2) is 9.18 Å². The van der Waals surface area contributed by atoms with Gasteiger partial charge in [-0.05, 0) is 57.1 Å². The molecule has 5 rings (SSSR count). The summed E-state index contributed by atoms with van der Waals surface area (Å²) in [6, 6.07) is 10.7. The molecule has 3 heterocycles. The van der Waals surface area contributed by atoms with Gasteiger partial charge < -0.3 is 19.4 Å². The molecule has 0 amide bonds. The van der Waals surface area contributed by atoms with E-state index >= 15 is 4.39 Å². The van der Waals surface area contributed by atoms with E-state index in [1.54, 1.807) is 17.7 Å². The zero-order valence-corrected chi connectivity index (χ0v) is 20.4. The summed E-state index contributed by atoms with van der Waals surface area (Å²) >= 11 is 0. The molecule has 0 bridgehead atoms. The first-order valence-corrected chi connectivity index (χ1v) is 12.1. The summed E-state index contributed by atoms with van der Waals surface area (Å²) in [6.45, 7) is 2.91. The van der Waals surface area contributed by atoms with Gasteiger partial charge in [-0.2, -0.15) is 0 Å². The van der Waals surface area contributed by atoms with Crippen molar-refractivity contribution in [2.24, 2.45) is 7.05 Å². The van der Waals surface area contributed by atoms with Gasteiger partial charge in [0.25, 0.3) is 0 Å². The minimum absolute atomic E-state index is 0.171. The number of H-pyrrole nitrogens is 1. The second-order valence-electron chi connectivity index (χ2n) is 9.48. The van der Waals surface area contributed by atoms with Crippen LogP contribution in [0.15, 0.2) is 41.2 Å². The predicted octanol–water partition coefficient (Wildman–Crippen LogP) is 4.45. The second-order valence-corrected chi connectivity index (χ2v) is 9.48. The van der Waals surface area contributed by atoms with Gasteiger partial charge in [-0.3, -0.25) is 9.55 Å². The maximum absolute atomic E-state index is 15.3. The number of benzene rings is 2. The zero-order valence-electron chi connectivity index (χ0n) is 20.4. The number of nitrogens with one attached hydrogen (secondary N) is 1. The molecule has 0 spiro atoms. The van der Waals surface area contributed by atoms with Crippen molar-refractivity contribution in [1.29, 1.82) is 0 Å². The molecule has 2 aromatic carbocycles. The summed E-state index contributed by atoms with van der Waals surface area (Å²) in [7, 11) is 5.82. The molecule has 8 heteroatoms. The predicted molar refractivity (Wildman–Crippen MR) is 136 cm³/mol. The number of aromatic nitrogens is 3. The smallest absolute Gasteiger partial charge is 0.326 e. The number of hydrogen-bond donors (Lipinski definition) is 1. The Hall–Kier alpha value is -3.23. The Labute approximate surface area is 203 Å². The molecule has 1 aliphatic heterocycles. The fourth-order valence-electron chi connectivity index (χ4n) is 4.83. The average Bonchev–Trinajstić information content (AvgIpc) is 3.16. The lowest BCUT2D eigenvalue weighted by Crippen LogP contribution is -2.17. The third-order valence-corrected chi connectivity index (χ3v) is 6.74. The molecule has 1 fully saturated rings. The highest BCUT2D eigenvalue weighted by molar-refractivity contribution is 6.05. The number of rotatable bonds is 7. The first-order chi connectivity index (χ1) is 16.9. The van der Waals surface area contributed by atoms with Crippen molar-refractivity contribution in [3.05, 3.63) is 58.4 Å². The summed E-state index contributed by atoms with van der Waals surface area (Å²) in [5.74, 6) is 0.580. The number of hydrogen-bond acceptors (Lipinski definition) is 5. The van der Waals surface area contributed by atoms with Gasteiger partial charge in [0.05, 0.1) is 28.9 Å². The van der Waals surface area contributed by atoms with E-state index < -0.39 is 0 Å². The maximum Gasteiger partial charge on any atom is 0.326 e. The maximum atomic E-state index is 15.3. The number of pyridine rings is 1. The van der Waals surface area contributed by atoms with Gasteiger partial charge >= 0.3 is 5.69 Å². The van der Waals surface area contributed by atoms with Crippen LogP contribution in [0.3, 0.4) is 0 Å². The molecule has 1 N–H and O–H groups in total. The largest absolute Gasteiger partial charge is 0.494 e. The lowest BCUT2D eigenvalue weighted by molar-refractivity contribution is 0.0848. The fourth-order valence-corrected chi connectivity index (χ4v) is 4.83. The van der Waals surface area contributed by atoms with Crippen LogP contribution < -0.4 is 10.4 Å². The Balaban J connectivity index is 1.52. The van der Waals surface area contributed by atoms with E-state index in [9.17, 15) is 4.79 Å². The molecule has 2 aromatic heterocycles. The van der Waals surface area contributed by atoms with Gasteiger partial charge in [0, 0.05) is 49.7 Å². The van der Waals surface area contributed by atoms with Crippen molar-refractivity contribution in [3.63, 3.8) is 0 Å². The third kappa shape index (κ3) is 4.68. The first kappa shape index (κ1) is 23.5. The van der Waals surface area contributed by atoms with Gasteiger partial charge in [0.2, 0.25) is 0 Å². The van der Waals surface area contributed by atoms with Crippen molar-refractivity contribution in [2.45, 2.75) is 25.2 Å². The summed E-state index contributed by atoms with van der Waals surface area (Å²) in [6.07, 6.45) is 2.59. The molecule has 35 heavy (non-hydrogen) atoms. The minimum atomic E-state index is -0.347. The lowest BCUT2D eigenvalue weighted by Gasteiger charge is -2.23. The van der Waals surface area contributed by atoms with Crippen LogP contribution in [0.4, 0.5) is 4.39 Å². The second kappa shape index (κ2) is 9.79. The topological polar surface area (TPSA) is 72.4 Å². The van der Waals surface area contributed by atoms with Crippen LogP contribution in [-0.4, -0.2) is 59.9 Å². The minimum Gasteiger partial charge on any atom is -0.494 e. The number of halogens is 1. The number of nitrogens with zero attached hydrogens (tertiary/aromatic N) is 3. The monoisotopic (exact) mass is 478 g/mol. The highest BCUT2D eigenvalue weighted by Crippen LogP contribution is 2.36. The average molecular weight is 479 g/mol. The van der Waals surface area contributed by atoms with Crippen LogP contribution in [0.2, 0.25) is 0 Å². The summed E-state index contributed by atoms with van der Waals surface area (Å²) in [5, 5.41) is 0.730. The van der Waals surface area contributed by atoms with Gasteiger partial charge in [-0.1, -0.05) is 12.1 Å². The molecule has 7 nitrogen and oxygen atoms in total. The molecule has 0 unspecified atom stereocenters. The highest BCUT2D eigenvalue weighted by atomic mass is 19.1. The van der Waals surface area contributed by atoms with Crippen LogP contribution in [0.5, 0.6) is 5.75 Å². The molecule has 184 valence electrons. The van der Waals surface area contributed by atoms with Crippen LogP contribution in [0, 0.1) is 5.82 Å². The quantitative estimate of drug-likeness (QED) is 0.398. The van der Waals surface area contributed by atoms with Crippen molar-refractivity contribution >= 4 is 21.9 Å². The van der Waals surface area contributed by atoms with E-state index in [-0.39, 0.29) is 17.4 Å². The number of imidazole rings is 1. The van der Waals surface area contributed by atoms with Crippen molar-refractivity contribution in [1.82, 2.24) is 19.4 Å². The summed E-state index contributed by atoms with van der Waals surface area (Å²) < 4.78 is 28.2. The Morgan fingerprint density at radius 1 is 1.20 bits per heavy atom. The Bertz CT molecular complexity index is 1400. The SMILES string of the molecule is CN(C)CCCOc1ccc(-c2cc3c(cc2F)nc(C2CCOCC2)c2c3[nH]c(=O)n2C)cc1. The van der Waals surface area contributed by atoms with Crippen LogP contribution in [0.1, 0.15) is 30.9 Å². The van der Waals surface area contributed by atoms with E-state index in [1.165, 1.54) is 6.07 Å². The van der Waals surface area contributed by atoms with E-state index in [1.807, 2.05) is 38.4 Å². The Kier molecular flexibility index (Phi) is 6.58. The lowest BCUT2D eigenvalue weighted by atomic mass is 9.93. The molecular weight excluding hydrogens is 447 g/mol. The van der Waals surface area contributed by atoms with E-state index in [0.29, 0.717) is 36.4 Å². The number of fused-ring (bicyclic) bond motifs is 3. The van der Waals surface area contributed by atoms with Crippen molar-refractivity contribution < 1.29 is 13.9 Å². The third-order valence-electron chi connectivity index (χ3n) is 6.74. The van der Waals surface area contributed by atoms with Crippen LogP contribution in [-0.2, 0) is 11.8 Å². The number of ether oxygens (including phenoxy) is 2. The van der Waals surface area contributed by atoms with Gasteiger partial charge in [-0.15, -0.1) is 0 Å². The van der Waals surface area contributed by atoms with Gasteiger partial charge in [0.15, 0.2) is 0 Å². The highest BCUT2D eigenvalue weighted by Gasteiger charge is 2.24. The van der Waals surface area contributed by atoms with E-state index in [2.05, 4.69) is 9.88 Å². The molecule has 0 radical (unpaired) electrons. The molecule has 0 saturated carbocycles. The molecule has 0 aliphatic carbocycles. The molecular formula is C27H31FN4O3. The Morgan fingerprint density at radius 3 is 2.66 bits per heavy atom. The zero-order chi connectivity index (χ0) is 24.5. The van der Waals surface area contributed by atoms with E-state index in [4.69, 9.17) is 14.5 Å². The summed E-state index contributed by atoms with van der Waals surface area (Å²) in [4.78, 5) is 22.6. The number of aryl methyl sites for hydroxylation is 1. The van der Waals surface area contributed by atoms with Gasteiger partial charge in [0.1, 0.15) is 11.6 Å². The molecule has 0 atom stereocenters. The molecule has 1 saturated heterocycles. The molecule has 1 aliphatic rings. The van der Waals surface area contributed by atoms with Crippen LogP contribution >= 0.6 is 0 Å². The number of aromatic amines is 1. The standard InChI is InChI=1S/C27H31FN4O3/c1-31(2)11-4-12-35-19-7-5-17(6-8-19)20-15-21-23(16-22(20)28)29-24(18-9-13-34-14-10-18)26-25(21)30-27(33)32(26)3/h5-8,15-16,18H,4,9-14H2,1-3H3,(H,30,33). The van der Waals surface area contributed by atoms with Crippen molar-refractivity contribution in [2.75, 3.05) is 40.5 Å². The van der Waals surface area contributed by atoms with Crippen LogP contribution in [0.25, 0.3) is 33.1 Å². The van der Waals surface area contributed by atoms with Crippen molar-refractivity contribution in [3.8, 4) is 16.9 Å². The normalized spacial score (nSPS) is 14.9. The summed E-state index contributed by atoms with van der Waals surface area (Å²) in [5.41, 5.74) is 3.86. The fraction of sp³-hybridized carbons (Fsp3) is 0.407. The first-order valence-electron chi connectivity index (χ1n) is 12.1.